The third-order valence-electron chi connectivity index (χ3n) is 3.48. The summed E-state index contributed by atoms with van der Waals surface area (Å²) in [6.45, 7) is 5.07. The summed E-state index contributed by atoms with van der Waals surface area (Å²) in [5, 5.41) is 25.2. The summed E-state index contributed by atoms with van der Waals surface area (Å²) in [6, 6.07) is -2.03. The molecule has 1 aliphatic rings. The standard InChI is InChI=1S/C14H25N5O5/c1-3-9-11(19-7(2)20)13(22)12(21)10(24-9)6-17-4-8(15)5-18-14(16)23/h3-4,8-13,21-22H,1,5-6,15H2,2H3,(H,19,20)(H3,16,18,23). The van der Waals surface area contributed by atoms with Crippen LogP contribution in [0.15, 0.2) is 17.6 Å². The molecule has 0 radical (unpaired) electrons. The molecule has 1 heterocycles. The molecule has 1 saturated heterocycles. The van der Waals surface area contributed by atoms with Gasteiger partial charge >= 0.3 is 6.03 Å². The van der Waals surface area contributed by atoms with E-state index in [4.69, 9.17) is 16.2 Å². The molecule has 1 aliphatic heterocycles. The maximum Gasteiger partial charge on any atom is 0.312 e. The van der Waals surface area contributed by atoms with Crippen molar-refractivity contribution < 1.29 is 24.5 Å². The smallest absolute Gasteiger partial charge is 0.312 e. The number of carbonyl (C=O) groups excluding carboxylic acids is 2. The number of carbonyl (C=O) groups is 2. The van der Waals surface area contributed by atoms with Crippen molar-refractivity contribution in [3.8, 4) is 0 Å². The predicted octanol–water partition coefficient (Wildman–Crippen LogP) is -2.77. The maximum atomic E-state index is 11.2. The third-order valence-corrected chi connectivity index (χ3v) is 3.48. The summed E-state index contributed by atoms with van der Waals surface area (Å²) >= 11 is 0. The van der Waals surface area contributed by atoms with E-state index in [2.05, 4.69) is 22.2 Å². The molecule has 0 bridgehead atoms. The summed E-state index contributed by atoms with van der Waals surface area (Å²) in [4.78, 5) is 25.8. The SMILES string of the molecule is C=CC1OC(CN=CC(N)CNC(N)=O)C(O)C(O)C1NC(C)=O. The summed E-state index contributed by atoms with van der Waals surface area (Å²) in [5.41, 5.74) is 10.6. The van der Waals surface area contributed by atoms with Crippen molar-refractivity contribution in [2.45, 2.75) is 43.4 Å². The number of nitrogens with one attached hydrogen (secondary N) is 2. The first-order chi connectivity index (χ1) is 11.3. The fourth-order valence-corrected chi connectivity index (χ4v) is 2.32. The van der Waals surface area contributed by atoms with Gasteiger partial charge < -0.3 is 37.1 Å². The number of rotatable bonds is 7. The first kappa shape index (κ1) is 20.0. The molecule has 3 amide bonds. The largest absolute Gasteiger partial charge is 0.388 e. The highest BCUT2D eigenvalue weighted by Crippen LogP contribution is 2.22. The minimum atomic E-state index is -1.24. The maximum absolute atomic E-state index is 11.2. The number of hydrogen-bond acceptors (Lipinski definition) is 7. The molecule has 0 aromatic rings. The lowest BCUT2D eigenvalue weighted by molar-refractivity contribution is -0.170. The Balaban J connectivity index is 2.61. The third kappa shape index (κ3) is 5.89. The van der Waals surface area contributed by atoms with Crippen LogP contribution in [-0.4, -0.2) is 78.0 Å². The van der Waals surface area contributed by atoms with E-state index in [1.54, 1.807) is 0 Å². The first-order valence-electron chi connectivity index (χ1n) is 7.46. The fraction of sp³-hybridized carbons (Fsp3) is 0.643. The molecular formula is C14H25N5O5. The molecule has 6 unspecified atom stereocenters. The van der Waals surface area contributed by atoms with Crippen LogP contribution in [0.5, 0.6) is 0 Å². The molecular weight excluding hydrogens is 318 g/mol. The van der Waals surface area contributed by atoms with E-state index >= 15 is 0 Å². The van der Waals surface area contributed by atoms with Gasteiger partial charge in [0.05, 0.1) is 24.7 Å². The van der Waals surface area contributed by atoms with E-state index in [-0.39, 0.29) is 19.0 Å². The van der Waals surface area contributed by atoms with Gasteiger partial charge in [0.25, 0.3) is 0 Å². The van der Waals surface area contributed by atoms with Crippen LogP contribution in [0.4, 0.5) is 4.79 Å². The molecule has 8 N–H and O–H groups in total. The number of amides is 3. The average Bonchev–Trinajstić information content (AvgIpc) is 2.51. The van der Waals surface area contributed by atoms with Crippen LogP contribution >= 0.6 is 0 Å². The Hall–Kier alpha value is -2.01. The molecule has 10 heteroatoms. The molecule has 0 spiro atoms. The highest BCUT2D eigenvalue weighted by atomic mass is 16.5. The lowest BCUT2D eigenvalue weighted by Crippen LogP contribution is -2.63. The van der Waals surface area contributed by atoms with Crippen molar-refractivity contribution in [1.82, 2.24) is 10.6 Å². The van der Waals surface area contributed by atoms with Gasteiger partial charge in [-0.2, -0.15) is 0 Å². The van der Waals surface area contributed by atoms with Gasteiger partial charge in [0.15, 0.2) is 0 Å². The lowest BCUT2D eigenvalue weighted by atomic mass is 9.92. The number of hydrogen-bond donors (Lipinski definition) is 6. The van der Waals surface area contributed by atoms with Crippen molar-refractivity contribution in [1.29, 1.82) is 0 Å². The van der Waals surface area contributed by atoms with Gasteiger partial charge in [-0.05, 0) is 0 Å². The van der Waals surface area contributed by atoms with E-state index < -0.39 is 42.5 Å². The molecule has 1 fully saturated rings. The highest BCUT2D eigenvalue weighted by molar-refractivity contribution is 5.73. The summed E-state index contributed by atoms with van der Waals surface area (Å²) < 4.78 is 5.62. The van der Waals surface area contributed by atoms with Gasteiger partial charge in [-0.25, -0.2) is 4.79 Å². The Bertz CT molecular complexity index is 486. The van der Waals surface area contributed by atoms with E-state index in [9.17, 15) is 19.8 Å². The summed E-state index contributed by atoms with van der Waals surface area (Å²) in [6.07, 6.45) is -1.10. The molecule has 10 nitrogen and oxygen atoms in total. The van der Waals surface area contributed by atoms with E-state index in [0.717, 1.165) is 0 Å². The zero-order valence-corrected chi connectivity index (χ0v) is 13.5. The molecule has 24 heavy (non-hydrogen) atoms. The monoisotopic (exact) mass is 343 g/mol. The van der Waals surface area contributed by atoms with E-state index in [1.165, 1.54) is 19.2 Å². The second-order valence-electron chi connectivity index (χ2n) is 5.51. The van der Waals surface area contributed by atoms with Crippen LogP contribution in [0.2, 0.25) is 0 Å². The van der Waals surface area contributed by atoms with Crippen LogP contribution in [-0.2, 0) is 9.53 Å². The predicted molar refractivity (Wildman–Crippen MR) is 87.4 cm³/mol. The number of aliphatic imine (C=N–C) groups is 1. The lowest BCUT2D eigenvalue weighted by Gasteiger charge is -2.41. The quantitative estimate of drug-likeness (QED) is 0.216. The van der Waals surface area contributed by atoms with Crippen LogP contribution in [0.1, 0.15) is 6.92 Å². The molecule has 0 aromatic carbocycles. The number of nitrogens with two attached hydrogens (primary N) is 2. The van der Waals surface area contributed by atoms with Crippen LogP contribution < -0.4 is 22.1 Å². The van der Waals surface area contributed by atoms with Gasteiger partial charge in [-0.3, -0.25) is 9.79 Å². The topological polar surface area (TPSA) is 172 Å². The second-order valence-corrected chi connectivity index (χ2v) is 5.51. The highest BCUT2D eigenvalue weighted by Gasteiger charge is 2.43. The molecule has 0 saturated carbocycles. The Kier molecular flexibility index (Phi) is 7.79. The van der Waals surface area contributed by atoms with Crippen LogP contribution in [0.3, 0.4) is 0 Å². The van der Waals surface area contributed by atoms with E-state index in [1.807, 2.05) is 0 Å². The Morgan fingerprint density at radius 1 is 1.42 bits per heavy atom. The van der Waals surface area contributed by atoms with Crippen molar-refractivity contribution in [3.05, 3.63) is 12.7 Å². The Labute approximate surface area is 139 Å². The molecule has 136 valence electrons. The van der Waals surface area contributed by atoms with Gasteiger partial charge in [-0.1, -0.05) is 6.08 Å². The van der Waals surface area contributed by atoms with Gasteiger partial charge in [0.1, 0.15) is 18.3 Å². The number of urea groups is 1. The van der Waals surface area contributed by atoms with E-state index in [0.29, 0.717) is 0 Å². The van der Waals surface area contributed by atoms with Gasteiger partial charge in [0.2, 0.25) is 5.91 Å². The first-order valence-corrected chi connectivity index (χ1v) is 7.46. The molecule has 6 atom stereocenters. The van der Waals surface area contributed by atoms with Crippen molar-refractivity contribution in [2.24, 2.45) is 16.5 Å². The number of nitrogens with zero attached hydrogens (tertiary/aromatic N) is 1. The minimum Gasteiger partial charge on any atom is -0.388 e. The minimum absolute atomic E-state index is 0.0413. The van der Waals surface area contributed by atoms with Crippen molar-refractivity contribution >= 4 is 18.2 Å². The Morgan fingerprint density at radius 2 is 2.08 bits per heavy atom. The second kappa shape index (κ2) is 9.33. The number of aliphatic hydroxyl groups excluding tert-OH is 2. The van der Waals surface area contributed by atoms with Crippen LogP contribution in [0.25, 0.3) is 0 Å². The number of primary amides is 1. The average molecular weight is 343 g/mol. The fourth-order valence-electron chi connectivity index (χ4n) is 2.32. The zero-order chi connectivity index (χ0) is 18.3. The number of ether oxygens (including phenoxy) is 1. The summed E-state index contributed by atoms with van der Waals surface area (Å²) in [7, 11) is 0. The van der Waals surface area contributed by atoms with Crippen LogP contribution in [0, 0.1) is 0 Å². The summed E-state index contributed by atoms with van der Waals surface area (Å²) in [5.74, 6) is -0.355. The van der Waals surface area contributed by atoms with Crippen molar-refractivity contribution in [2.75, 3.05) is 13.1 Å². The molecule has 0 aliphatic carbocycles. The Morgan fingerprint density at radius 3 is 2.62 bits per heavy atom. The normalized spacial score (nSPS) is 31.4. The molecule has 1 rings (SSSR count). The van der Waals surface area contributed by atoms with Crippen molar-refractivity contribution in [3.63, 3.8) is 0 Å². The zero-order valence-electron chi connectivity index (χ0n) is 13.5. The van der Waals surface area contributed by atoms with Gasteiger partial charge in [0, 0.05) is 19.7 Å². The number of aliphatic hydroxyl groups is 2. The van der Waals surface area contributed by atoms with Gasteiger partial charge in [-0.15, -0.1) is 6.58 Å². The molecule has 0 aromatic heterocycles.